The zero-order chi connectivity index (χ0) is 21.2. The standard InChI is InChI=1S/C19H29FN4O4S/c1-14-12-24(13-15(2)28-14)29(26,27)23-9-7-22(8-10-23)16(3)19(25)21-18-6-4-5-17(20)11-18/h4-6,11,14-16H,7-10,12-13H2,1-3H3,(H,21,25)/t14-,15+,16-/m1/s1. The molecule has 2 saturated heterocycles. The Balaban J connectivity index is 1.56. The molecule has 1 aromatic carbocycles. The number of morpholine rings is 1. The molecule has 8 nitrogen and oxygen atoms in total. The van der Waals surface area contributed by atoms with Gasteiger partial charge < -0.3 is 10.1 Å². The summed E-state index contributed by atoms with van der Waals surface area (Å²) in [6, 6.07) is 5.29. The smallest absolute Gasteiger partial charge is 0.282 e. The minimum atomic E-state index is -3.56. The van der Waals surface area contributed by atoms with E-state index in [0.717, 1.165) is 0 Å². The average Bonchev–Trinajstić information content (AvgIpc) is 2.66. The van der Waals surface area contributed by atoms with Crippen molar-refractivity contribution >= 4 is 21.8 Å². The molecule has 1 N–H and O–H groups in total. The summed E-state index contributed by atoms with van der Waals surface area (Å²) < 4.78 is 47.8. The van der Waals surface area contributed by atoms with Crippen LogP contribution in [-0.2, 0) is 19.7 Å². The maximum atomic E-state index is 13.3. The molecule has 0 spiro atoms. The van der Waals surface area contributed by atoms with Crippen LogP contribution in [0.5, 0.6) is 0 Å². The number of carbonyl (C=O) groups excluding carboxylic acids is 1. The molecule has 2 heterocycles. The number of rotatable bonds is 5. The van der Waals surface area contributed by atoms with Crippen LogP contribution in [0.15, 0.2) is 24.3 Å². The van der Waals surface area contributed by atoms with Gasteiger partial charge in [-0.15, -0.1) is 0 Å². The molecule has 2 aliphatic rings. The van der Waals surface area contributed by atoms with Crippen LogP contribution in [0.25, 0.3) is 0 Å². The fraction of sp³-hybridized carbons (Fsp3) is 0.632. The molecule has 0 bridgehead atoms. The maximum absolute atomic E-state index is 13.3. The van der Waals surface area contributed by atoms with Gasteiger partial charge in [0.25, 0.3) is 10.2 Å². The van der Waals surface area contributed by atoms with E-state index >= 15 is 0 Å². The molecule has 0 radical (unpaired) electrons. The lowest BCUT2D eigenvalue weighted by Crippen LogP contribution is -2.58. The van der Waals surface area contributed by atoms with Crippen LogP contribution in [0.4, 0.5) is 10.1 Å². The van der Waals surface area contributed by atoms with E-state index in [4.69, 9.17) is 4.74 Å². The van der Waals surface area contributed by atoms with Crippen LogP contribution in [0.1, 0.15) is 20.8 Å². The molecular weight excluding hydrogens is 399 g/mol. The summed E-state index contributed by atoms with van der Waals surface area (Å²) in [5.74, 6) is -0.663. The van der Waals surface area contributed by atoms with Gasteiger partial charge in [-0.2, -0.15) is 17.0 Å². The Labute approximate surface area is 171 Å². The van der Waals surface area contributed by atoms with Crippen molar-refractivity contribution in [2.45, 2.75) is 39.0 Å². The first-order chi connectivity index (χ1) is 13.7. The van der Waals surface area contributed by atoms with Crippen molar-refractivity contribution in [3.05, 3.63) is 30.1 Å². The molecule has 2 fully saturated rings. The highest BCUT2D eigenvalue weighted by atomic mass is 32.2. The van der Waals surface area contributed by atoms with Gasteiger partial charge in [0.05, 0.1) is 18.2 Å². The number of hydrogen-bond acceptors (Lipinski definition) is 5. The van der Waals surface area contributed by atoms with E-state index in [1.165, 1.54) is 26.8 Å². The fourth-order valence-electron chi connectivity index (χ4n) is 3.78. The van der Waals surface area contributed by atoms with Crippen molar-refractivity contribution in [3.8, 4) is 0 Å². The van der Waals surface area contributed by atoms with Gasteiger partial charge >= 0.3 is 0 Å². The zero-order valence-electron chi connectivity index (χ0n) is 17.0. The quantitative estimate of drug-likeness (QED) is 0.760. The molecule has 2 aliphatic heterocycles. The number of amides is 1. The third kappa shape index (κ3) is 5.32. The molecule has 29 heavy (non-hydrogen) atoms. The van der Waals surface area contributed by atoms with Crippen molar-refractivity contribution in [3.63, 3.8) is 0 Å². The van der Waals surface area contributed by atoms with Crippen LogP contribution in [0.3, 0.4) is 0 Å². The monoisotopic (exact) mass is 428 g/mol. The maximum Gasteiger partial charge on any atom is 0.282 e. The number of piperazine rings is 1. The van der Waals surface area contributed by atoms with Crippen molar-refractivity contribution < 1.29 is 22.3 Å². The summed E-state index contributed by atoms with van der Waals surface area (Å²) >= 11 is 0. The normalized spacial score (nSPS) is 26.2. The van der Waals surface area contributed by atoms with Gasteiger partial charge in [0.15, 0.2) is 0 Å². The summed E-state index contributed by atoms with van der Waals surface area (Å²) in [7, 11) is -3.56. The van der Waals surface area contributed by atoms with Crippen molar-refractivity contribution in [2.75, 3.05) is 44.6 Å². The number of benzene rings is 1. The second kappa shape index (κ2) is 9.05. The van der Waals surface area contributed by atoms with Gasteiger partial charge in [-0.25, -0.2) is 4.39 Å². The molecule has 3 atom stereocenters. The summed E-state index contributed by atoms with van der Waals surface area (Å²) in [5, 5.41) is 2.71. The van der Waals surface area contributed by atoms with Crippen LogP contribution >= 0.6 is 0 Å². The topological polar surface area (TPSA) is 82.2 Å². The number of halogens is 1. The minimum Gasteiger partial charge on any atom is -0.373 e. The van der Waals surface area contributed by atoms with E-state index in [2.05, 4.69) is 5.32 Å². The highest BCUT2D eigenvalue weighted by molar-refractivity contribution is 7.86. The van der Waals surface area contributed by atoms with Crippen LogP contribution in [-0.4, -0.2) is 85.4 Å². The Hall–Kier alpha value is -1.59. The lowest BCUT2D eigenvalue weighted by atomic mass is 10.2. The largest absolute Gasteiger partial charge is 0.373 e. The number of nitrogens with zero attached hydrogens (tertiary/aromatic N) is 3. The van der Waals surface area contributed by atoms with E-state index in [1.54, 1.807) is 13.0 Å². The minimum absolute atomic E-state index is 0.138. The van der Waals surface area contributed by atoms with Gasteiger partial charge in [0.1, 0.15) is 5.82 Å². The van der Waals surface area contributed by atoms with E-state index in [0.29, 0.717) is 45.0 Å². The Morgan fingerprint density at radius 3 is 2.34 bits per heavy atom. The molecule has 0 aromatic heterocycles. The van der Waals surface area contributed by atoms with E-state index < -0.39 is 22.1 Å². The number of ether oxygens (including phenoxy) is 1. The van der Waals surface area contributed by atoms with Crippen LogP contribution in [0.2, 0.25) is 0 Å². The molecule has 162 valence electrons. The Morgan fingerprint density at radius 1 is 1.14 bits per heavy atom. The van der Waals surface area contributed by atoms with E-state index in [9.17, 15) is 17.6 Å². The van der Waals surface area contributed by atoms with Gasteiger partial charge in [-0.3, -0.25) is 9.69 Å². The second-order valence-corrected chi connectivity index (χ2v) is 9.62. The average molecular weight is 429 g/mol. The molecule has 1 amide bonds. The highest BCUT2D eigenvalue weighted by Gasteiger charge is 2.37. The molecule has 0 aliphatic carbocycles. The number of hydrogen-bond donors (Lipinski definition) is 1. The van der Waals surface area contributed by atoms with Gasteiger partial charge in [0.2, 0.25) is 5.91 Å². The summed E-state index contributed by atoms with van der Waals surface area (Å²) in [4.78, 5) is 14.4. The first kappa shape index (κ1) is 22.1. The Kier molecular flexibility index (Phi) is 6.90. The van der Waals surface area contributed by atoms with Gasteiger partial charge in [0, 0.05) is 45.0 Å². The Morgan fingerprint density at radius 2 is 1.76 bits per heavy atom. The highest BCUT2D eigenvalue weighted by Crippen LogP contribution is 2.20. The second-order valence-electron chi connectivity index (χ2n) is 7.69. The van der Waals surface area contributed by atoms with Gasteiger partial charge in [-0.05, 0) is 39.0 Å². The summed E-state index contributed by atoms with van der Waals surface area (Å²) in [6.07, 6.45) is -0.275. The predicted molar refractivity (Wildman–Crippen MR) is 108 cm³/mol. The number of nitrogens with one attached hydrogen (secondary N) is 1. The predicted octanol–water partition coefficient (Wildman–Crippen LogP) is 1.12. The molecule has 0 unspecified atom stereocenters. The molecule has 10 heteroatoms. The van der Waals surface area contributed by atoms with Crippen molar-refractivity contribution in [2.24, 2.45) is 0 Å². The lowest BCUT2D eigenvalue weighted by Gasteiger charge is -2.41. The van der Waals surface area contributed by atoms with Crippen LogP contribution in [0, 0.1) is 5.82 Å². The first-order valence-electron chi connectivity index (χ1n) is 9.88. The van der Waals surface area contributed by atoms with E-state index in [1.807, 2.05) is 18.7 Å². The first-order valence-corrected chi connectivity index (χ1v) is 11.3. The Bertz CT molecular complexity index is 819. The molecule has 3 rings (SSSR count). The lowest BCUT2D eigenvalue weighted by molar-refractivity contribution is -0.121. The van der Waals surface area contributed by atoms with Crippen molar-refractivity contribution in [1.82, 2.24) is 13.5 Å². The summed E-state index contributed by atoms with van der Waals surface area (Å²) in [6.45, 7) is 7.74. The van der Waals surface area contributed by atoms with Gasteiger partial charge in [-0.1, -0.05) is 6.07 Å². The van der Waals surface area contributed by atoms with Crippen LogP contribution < -0.4 is 5.32 Å². The molecular formula is C19H29FN4O4S. The summed E-state index contributed by atoms with van der Waals surface area (Å²) in [5.41, 5.74) is 0.402. The van der Waals surface area contributed by atoms with Crippen molar-refractivity contribution in [1.29, 1.82) is 0 Å². The number of anilines is 1. The molecule has 1 aromatic rings. The third-order valence-electron chi connectivity index (χ3n) is 5.33. The molecule has 0 saturated carbocycles. The SMILES string of the molecule is C[C@@H]1CN(S(=O)(=O)N2CCN([C@H](C)C(=O)Nc3cccc(F)c3)CC2)C[C@H](C)O1. The fourth-order valence-corrected chi connectivity index (χ4v) is 5.53. The third-order valence-corrected chi connectivity index (χ3v) is 7.30. The zero-order valence-corrected chi connectivity index (χ0v) is 17.9. The number of carbonyl (C=O) groups is 1. The van der Waals surface area contributed by atoms with E-state index in [-0.39, 0.29) is 18.1 Å².